The van der Waals surface area contributed by atoms with Crippen LogP contribution in [0.25, 0.3) is 0 Å². The van der Waals surface area contributed by atoms with E-state index in [1.807, 2.05) is 26.0 Å². The van der Waals surface area contributed by atoms with E-state index in [4.69, 9.17) is 23.2 Å². The molecule has 2 aromatic carbocycles. The molecule has 6 heteroatoms. The lowest BCUT2D eigenvalue weighted by Crippen LogP contribution is -2.28. The zero-order valence-electron chi connectivity index (χ0n) is 14.0. The maximum absolute atomic E-state index is 12.6. The normalized spacial score (nSPS) is 17.0. The number of nitrogens with one attached hydrogen (secondary N) is 1. The zero-order valence-corrected chi connectivity index (χ0v) is 15.5. The highest BCUT2D eigenvalue weighted by atomic mass is 35.5. The largest absolute Gasteiger partial charge is 0.325 e. The van der Waals surface area contributed by atoms with Crippen LogP contribution in [0.4, 0.5) is 11.4 Å². The monoisotopic (exact) mass is 376 g/mol. The molecular weight excluding hydrogens is 359 g/mol. The van der Waals surface area contributed by atoms with Crippen LogP contribution in [0.3, 0.4) is 0 Å². The lowest BCUT2D eigenvalue weighted by Gasteiger charge is -2.19. The summed E-state index contributed by atoms with van der Waals surface area (Å²) in [5.41, 5.74) is 3.18. The molecular formula is C19H18Cl2N2O2. The minimum atomic E-state index is -0.413. The summed E-state index contributed by atoms with van der Waals surface area (Å²) in [5, 5.41) is 4.04. The molecule has 1 heterocycles. The Morgan fingerprint density at radius 2 is 1.96 bits per heavy atom. The Bertz CT molecular complexity index is 851. The molecule has 0 aliphatic carbocycles. The predicted octanol–water partition coefficient (Wildman–Crippen LogP) is 4.60. The van der Waals surface area contributed by atoms with Crippen LogP contribution >= 0.6 is 23.2 Å². The third-order valence-corrected chi connectivity index (χ3v) is 5.13. The van der Waals surface area contributed by atoms with E-state index in [-0.39, 0.29) is 18.2 Å². The standard InChI is InChI=1S/C19H18Cl2N2O2/c1-11-6-7-14(20)9-16(11)22-19(25)13-8-18(24)23(10-13)17-5-3-4-15(21)12(17)2/h3-7,9,13H,8,10H2,1-2H3,(H,22,25). The second-order valence-electron chi connectivity index (χ2n) is 6.24. The van der Waals surface area contributed by atoms with Crippen LogP contribution < -0.4 is 10.2 Å². The fraction of sp³-hybridized carbons (Fsp3) is 0.263. The molecule has 0 aromatic heterocycles. The van der Waals surface area contributed by atoms with E-state index in [0.29, 0.717) is 22.3 Å². The van der Waals surface area contributed by atoms with Gasteiger partial charge >= 0.3 is 0 Å². The molecule has 4 nitrogen and oxygen atoms in total. The highest BCUT2D eigenvalue weighted by Crippen LogP contribution is 2.32. The van der Waals surface area contributed by atoms with Gasteiger partial charge in [-0.05, 0) is 49.2 Å². The Labute approximate surface area is 156 Å². The second kappa shape index (κ2) is 7.06. The van der Waals surface area contributed by atoms with Crippen molar-refractivity contribution in [3.63, 3.8) is 0 Å². The molecule has 1 N–H and O–H groups in total. The first-order valence-corrected chi connectivity index (χ1v) is 8.75. The van der Waals surface area contributed by atoms with Gasteiger partial charge in [0.1, 0.15) is 0 Å². The minimum Gasteiger partial charge on any atom is -0.325 e. The summed E-state index contributed by atoms with van der Waals surface area (Å²) in [7, 11) is 0. The summed E-state index contributed by atoms with van der Waals surface area (Å²) in [6.45, 7) is 4.10. The van der Waals surface area contributed by atoms with Crippen LogP contribution in [-0.2, 0) is 9.59 Å². The molecule has 25 heavy (non-hydrogen) atoms. The number of hydrogen-bond acceptors (Lipinski definition) is 2. The second-order valence-corrected chi connectivity index (χ2v) is 7.08. The van der Waals surface area contributed by atoms with Gasteiger partial charge in [-0.3, -0.25) is 9.59 Å². The van der Waals surface area contributed by atoms with Gasteiger partial charge in [-0.25, -0.2) is 0 Å². The van der Waals surface area contributed by atoms with Crippen molar-refractivity contribution in [3.05, 3.63) is 57.6 Å². The van der Waals surface area contributed by atoms with Crippen molar-refractivity contribution < 1.29 is 9.59 Å². The van der Waals surface area contributed by atoms with Crippen LogP contribution in [0.1, 0.15) is 17.5 Å². The number of rotatable bonds is 3. The van der Waals surface area contributed by atoms with Gasteiger partial charge in [0.05, 0.1) is 5.92 Å². The maximum Gasteiger partial charge on any atom is 0.229 e. The average molecular weight is 377 g/mol. The van der Waals surface area contributed by atoms with Gasteiger partial charge < -0.3 is 10.2 Å². The first-order chi connectivity index (χ1) is 11.9. The van der Waals surface area contributed by atoms with Crippen molar-refractivity contribution in [2.24, 2.45) is 5.92 Å². The summed E-state index contributed by atoms with van der Waals surface area (Å²) in [6.07, 6.45) is 0.178. The predicted molar refractivity (Wildman–Crippen MR) is 101 cm³/mol. The Hall–Kier alpha value is -2.04. The number of benzene rings is 2. The Morgan fingerprint density at radius 1 is 1.20 bits per heavy atom. The van der Waals surface area contributed by atoms with Crippen molar-refractivity contribution in [1.82, 2.24) is 0 Å². The molecule has 2 amide bonds. The number of amides is 2. The first kappa shape index (κ1) is 17.8. The van der Waals surface area contributed by atoms with Crippen LogP contribution in [0, 0.1) is 19.8 Å². The summed E-state index contributed by atoms with van der Waals surface area (Å²) < 4.78 is 0. The minimum absolute atomic E-state index is 0.0756. The molecule has 1 atom stereocenters. The van der Waals surface area contributed by atoms with E-state index in [1.54, 1.807) is 29.2 Å². The number of carbonyl (C=O) groups is 2. The quantitative estimate of drug-likeness (QED) is 0.850. The van der Waals surface area contributed by atoms with Crippen molar-refractivity contribution in [1.29, 1.82) is 0 Å². The topological polar surface area (TPSA) is 49.4 Å². The number of halogens is 2. The molecule has 1 unspecified atom stereocenters. The van der Waals surface area contributed by atoms with Gasteiger partial charge in [0.2, 0.25) is 11.8 Å². The van der Waals surface area contributed by atoms with Gasteiger partial charge in [-0.15, -0.1) is 0 Å². The number of hydrogen-bond donors (Lipinski definition) is 1. The summed E-state index contributed by atoms with van der Waals surface area (Å²) >= 11 is 12.1. The third-order valence-electron chi connectivity index (χ3n) is 4.48. The van der Waals surface area contributed by atoms with Crippen molar-refractivity contribution in [2.45, 2.75) is 20.3 Å². The van der Waals surface area contributed by atoms with E-state index in [2.05, 4.69) is 5.32 Å². The Kier molecular flexibility index (Phi) is 5.02. The lowest BCUT2D eigenvalue weighted by atomic mass is 10.1. The molecule has 1 aliphatic heterocycles. The molecule has 0 radical (unpaired) electrons. The molecule has 0 spiro atoms. The van der Waals surface area contributed by atoms with Crippen molar-refractivity contribution in [3.8, 4) is 0 Å². The van der Waals surface area contributed by atoms with Gasteiger partial charge in [0.25, 0.3) is 0 Å². The summed E-state index contributed by atoms with van der Waals surface area (Å²) in [4.78, 5) is 26.6. The third kappa shape index (κ3) is 3.65. The fourth-order valence-electron chi connectivity index (χ4n) is 2.97. The van der Waals surface area contributed by atoms with Crippen LogP contribution in [0.15, 0.2) is 36.4 Å². The van der Waals surface area contributed by atoms with Crippen LogP contribution in [-0.4, -0.2) is 18.4 Å². The molecule has 130 valence electrons. The van der Waals surface area contributed by atoms with Gasteiger partial charge in [0, 0.05) is 34.4 Å². The van der Waals surface area contributed by atoms with Crippen LogP contribution in [0.2, 0.25) is 10.0 Å². The molecule has 0 bridgehead atoms. The maximum atomic E-state index is 12.6. The smallest absolute Gasteiger partial charge is 0.229 e. The van der Waals surface area contributed by atoms with Gasteiger partial charge in [0.15, 0.2) is 0 Å². The van der Waals surface area contributed by atoms with E-state index >= 15 is 0 Å². The highest BCUT2D eigenvalue weighted by Gasteiger charge is 2.36. The number of anilines is 2. The SMILES string of the molecule is Cc1ccc(Cl)cc1NC(=O)C1CC(=O)N(c2cccc(Cl)c2C)C1. The molecule has 1 fully saturated rings. The van der Waals surface area contributed by atoms with Gasteiger partial charge in [-0.1, -0.05) is 35.3 Å². The molecule has 1 aliphatic rings. The zero-order chi connectivity index (χ0) is 18.1. The van der Waals surface area contributed by atoms with Gasteiger partial charge in [-0.2, -0.15) is 0 Å². The van der Waals surface area contributed by atoms with Crippen molar-refractivity contribution >= 4 is 46.4 Å². The molecule has 3 rings (SSSR count). The van der Waals surface area contributed by atoms with Crippen LogP contribution in [0.5, 0.6) is 0 Å². The molecule has 0 saturated carbocycles. The summed E-state index contributed by atoms with van der Waals surface area (Å²) in [6, 6.07) is 10.8. The molecule has 1 saturated heterocycles. The Morgan fingerprint density at radius 3 is 2.72 bits per heavy atom. The lowest BCUT2D eigenvalue weighted by molar-refractivity contribution is -0.122. The molecule has 2 aromatic rings. The first-order valence-electron chi connectivity index (χ1n) is 7.99. The number of aryl methyl sites for hydroxylation is 1. The van der Waals surface area contributed by atoms with E-state index in [1.165, 1.54) is 0 Å². The summed E-state index contributed by atoms with van der Waals surface area (Å²) in [5.74, 6) is -0.668. The fourth-order valence-corrected chi connectivity index (χ4v) is 3.31. The highest BCUT2D eigenvalue weighted by molar-refractivity contribution is 6.32. The average Bonchev–Trinajstić information content (AvgIpc) is 2.95. The van der Waals surface area contributed by atoms with E-state index < -0.39 is 5.92 Å². The Balaban J connectivity index is 1.77. The van der Waals surface area contributed by atoms with E-state index in [0.717, 1.165) is 16.8 Å². The number of carbonyl (C=O) groups excluding carboxylic acids is 2. The van der Waals surface area contributed by atoms with E-state index in [9.17, 15) is 9.59 Å². The number of nitrogens with zero attached hydrogens (tertiary/aromatic N) is 1. The van der Waals surface area contributed by atoms with Crippen molar-refractivity contribution in [2.75, 3.05) is 16.8 Å².